The van der Waals surface area contributed by atoms with Crippen LogP contribution in [0.3, 0.4) is 0 Å². The molecular weight excluding hydrogens is 360 g/mol. The zero-order valence-electron chi connectivity index (χ0n) is 19.0. The molecule has 30 heavy (non-hydrogen) atoms. The van der Waals surface area contributed by atoms with Gasteiger partial charge in [0.1, 0.15) is 0 Å². The van der Waals surface area contributed by atoms with Crippen molar-refractivity contribution in [1.82, 2.24) is 0 Å². The predicted octanol–water partition coefficient (Wildman–Crippen LogP) is 8.33. The fraction of sp³-hybridized carbons (Fsp3) is 0.400. The fourth-order valence-electron chi connectivity index (χ4n) is 4.19. The molecular formula is C30H38. The van der Waals surface area contributed by atoms with Crippen LogP contribution in [0.25, 0.3) is 0 Å². The van der Waals surface area contributed by atoms with Crippen molar-refractivity contribution in [3.8, 4) is 0 Å². The van der Waals surface area contributed by atoms with Crippen molar-refractivity contribution in [2.75, 3.05) is 0 Å². The Morgan fingerprint density at radius 3 is 1.23 bits per heavy atom. The lowest BCUT2D eigenvalue weighted by molar-refractivity contribution is 0.717. The lowest BCUT2D eigenvalue weighted by Crippen LogP contribution is -1.94. The first-order valence-corrected chi connectivity index (χ1v) is 12.0. The molecule has 3 aromatic rings. The number of hydrogen-bond acceptors (Lipinski definition) is 0. The molecule has 3 aromatic carbocycles. The van der Waals surface area contributed by atoms with Crippen LogP contribution in [0.15, 0.2) is 72.8 Å². The van der Waals surface area contributed by atoms with Gasteiger partial charge in [0.25, 0.3) is 0 Å². The van der Waals surface area contributed by atoms with Crippen molar-refractivity contribution in [3.63, 3.8) is 0 Å². The predicted molar refractivity (Wildman–Crippen MR) is 131 cm³/mol. The van der Waals surface area contributed by atoms with E-state index < -0.39 is 0 Å². The highest BCUT2D eigenvalue weighted by molar-refractivity contribution is 5.34. The van der Waals surface area contributed by atoms with E-state index in [9.17, 15) is 0 Å². The van der Waals surface area contributed by atoms with Crippen LogP contribution in [0, 0.1) is 0 Å². The van der Waals surface area contributed by atoms with Gasteiger partial charge in [0.2, 0.25) is 0 Å². The highest BCUT2D eigenvalue weighted by atomic mass is 14.1. The average Bonchev–Trinajstić information content (AvgIpc) is 2.76. The molecule has 0 heteroatoms. The number of unbranched alkanes of at least 4 members (excludes halogenated alkanes) is 4. The molecule has 158 valence electrons. The summed E-state index contributed by atoms with van der Waals surface area (Å²) < 4.78 is 0. The summed E-state index contributed by atoms with van der Waals surface area (Å²) in [4.78, 5) is 0. The first-order valence-electron chi connectivity index (χ1n) is 12.0. The van der Waals surface area contributed by atoms with Gasteiger partial charge in [0.15, 0.2) is 0 Å². The molecule has 0 atom stereocenters. The Bertz CT molecular complexity index is 798. The van der Waals surface area contributed by atoms with E-state index in [0.717, 1.165) is 12.8 Å². The second-order valence-corrected chi connectivity index (χ2v) is 8.72. The Kier molecular flexibility index (Phi) is 9.22. The van der Waals surface area contributed by atoms with Gasteiger partial charge < -0.3 is 0 Å². The monoisotopic (exact) mass is 398 g/mol. The van der Waals surface area contributed by atoms with Gasteiger partial charge in [0, 0.05) is 0 Å². The molecule has 0 saturated heterocycles. The summed E-state index contributed by atoms with van der Waals surface area (Å²) in [6.07, 6.45) is 12.3. The summed E-state index contributed by atoms with van der Waals surface area (Å²) in [6.45, 7) is 4.54. The molecule has 0 aliphatic rings. The van der Waals surface area contributed by atoms with E-state index in [1.54, 1.807) is 0 Å². The summed E-state index contributed by atoms with van der Waals surface area (Å²) in [5.74, 6) is 0. The van der Waals surface area contributed by atoms with Gasteiger partial charge in [-0.2, -0.15) is 0 Å². The van der Waals surface area contributed by atoms with E-state index >= 15 is 0 Å². The fourth-order valence-corrected chi connectivity index (χ4v) is 4.19. The molecule has 0 N–H and O–H groups in total. The minimum atomic E-state index is 1.02. The molecule has 0 aromatic heterocycles. The van der Waals surface area contributed by atoms with Crippen LogP contribution < -0.4 is 0 Å². The van der Waals surface area contributed by atoms with Crippen LogP contribution in [0.1, 0.15) is 85.8 Å². The Labute approximate surface area is 184 Å². The van der Waals surface area contributed by atoms with E-state index in [-0.39, 0.29) is 0 Å². The van der Waals surface area contributed by atoms with Crippen molar-refractivity contribution in [3.05, 3.63) is 106 Å². The molecule has 0 radical (unpaired) electrons. The van der Waals surface area contributed by atoms with E-state index in [1.807, 2.05) is 0 Å². The zero-order valence-corrected chi connectivity index (χ0v) is 19.0. The smallest absolute Gasteiger partial charge is 0.00257 e. The zero-order chi connectivity index (χ0) is 21.0. The lowest BCUT2D eigenvalue weighted by atomic mass is 9.97. The van der Waals surface area contributed by atoms with E-state index in [1.165, 1.54) is 84.7 Å². The molecule has 0 nitrogen and oxygen atoms in total. The van der Waals surface area contributed by atoms with Crippen molar-refractivity contribution in [1.29, 1.82) is 0 Å². The SMILES string of the molecule is CCCCCc1cccc(Cc2ccc(Cc3cccc(CCCCC)c3)cc2)c1. The van der Waals surface area contributed by atoms with E-state index in [2.05, 4.69) is 86.6 Å². The number of aryl methyl sites for hydroxylation is 2. The molecule has 0 aliphatic carbocycles. The molecule has 0 saturated carbocycles. The van der Waals surface area contributed by atoms with Gasteiger partial charge in [-0.25, -0.2) is 0 Å². The average molecular weight is 399 g/mol. The molecule has 0 aliphatic heterocycles. The highest BCUT2D eigenvalue weighted by Crippen LogP contribution is 2.17. The number of benzene rings is 3. The maximum atomic E-state index is 2.40. The molecule has 0 bridgehead atoms. The molecule has 0 heterocycles. The molecule has 3 rings (SSSR count). The van der Waals surface area contributed by atoms with Crippen LogP contribution in [0.5, 0.6) is 0 Å². The third-order valence-corrected chi connectivity index (χ3v) is 5.96. The second kappa shape index (κ2) is 12.4. The van der Waals surface area contributed by atoms with Crippen LogP contribution >= 0.6 is 0 Å². The van der Waals surface area contributed by atoms with Crippen molar-refractivity contribution in [2.45, 2.75) is 78.1 Å². The number of rotatable bonds is 12. The minimum Gasteiger partial charge on any atom is -0.0654 e. The Morgan fingerprint density at radius 2 is 0.833 bits per heavy atom. The topological polar surface area (TPSA) is 0 Å². The first-order chi connectivity index (χ1) is 14.8. The Balaban J connectivity index is 1.56. The Morgan fingerprint density at radius 1 is 0.433 bits per heavy atom. The highest BCUT2D eigenvalue weighted by Gasteiger charge is 2.02. The van der Waals surface area contributed by atoms with Crippen LogP contribution in [-0.2, 0) is 25.7 Å². The van der Waals surface area contributed by atoms with Crippen LogP contribution in [-0.4, -0.2) is 0 Å². The minimum absolute atomic E-state index is 1.02. The third kappa shape index (κ3) is 7.48. The number of hydrogen-bond donors (Lipinski definition) is 0. The quantitative estimate of drug-likeness (QED) is 0.269. The summed E-state index contributed by atoms with van der Waals surface area (Å²) >= 11 is 0. The van der Waals surface area contributed by atoms with Crippen LogP contribution in [0.4, 0.5) is 0 Å². The molecule has 0 amide bonds. The molecule has 0 fully saturated rings. The summed E-state index contributed by atoms with van der Waals surface area (Å²) in [5, 5.41) is 0. The molecule has 0 spiro atoms. The van der Waals surface area contributed by atoms with Crippen molar-refractivity contribution < 1.29 is 0 Å². The third-order valence-electron chi connectivity index (χ3n) is 5.96. The van der Waals surface area contributed by atoms with Crippen molar-refractivity contribution >= 4 is 0 Å². The second-order valence-electron chi connectivity index (χ2n) is 8.72. The lowest BCUT2D eigenvalue weighted by Gasteiger charge is -2.08. The first kappa shape index (κ1) is 22.3. The largest absolute Gasteiger partial charge is 0.0654 e. The van der Waals surface area contributed by atoms with Gasteiger partial charge in [-0.15, -0.1) is 0 Å². The molecule has 0 unspecified atom stereocenters. The van der Waals surface area contributed by atoms with E-state index in [4.69, 9.17) is 0 Å². The van der Waals surface area contributed by atoms with Gasteiger partial charge >= 0.3 is 0 Å². The Hall–Kier alpha value is -2.34. The standard InChI is InChI=1S/C30H38/c1-3-5-7-11-25-13-9-15-29(21-25)23-27-17-19-28(20-18-27)24-30-16-10-14-26(22-30)12-8-6-4-2/h9-10,13-22H,3-8,11-12,23-24H2,1-2H3. The van der Waals surface area contributed by atoms with Crippen LogP contribution in [0.2, 0.25) is 0 Å². The maximum absolute atomic E-state index is 2.40. The van der Waals surface area contributed by atoms with Crippen molar-refractivity contribution in [2.24, 2.45) is 0 Å². The summed E-state index contributed by atoms with van der Waals surface area (Å²) in [7, 11) is 0. The van der Waals surface area contributed by atoms with E-state index in [0.29, 0.717) is 0 Å². The summed E-state index contributed by atoms with van der Waals surface area (Å²) in [6, 6.07) is 27.6. The summed E-state index contributed by atoms with van der Waals surface area (Å²) in [5.41, 5.74) is 8.62. The van der Waals surface area contributed by atoms with Gasteiger partial charge in [0.05, 0.1) is 0 Å². The van der Waals surface area contributed by atoms with Gasteiger partial charge in [-0.3, -0.25) is 0 Å². The normalized spacial score (nSPS) is 11.0. The maximum Gasteiger partial charge on any atom is -0.00257 e. The van der Waals surface area contributed by atoms with Gasteiger partial charge in [-0.05, 0) is 71.9 Å². The van der Waals surface area contributed by atoms with Gasteiger partial charge in [-0.1, -0.05) is 112 Å².